The summed E-state index contributed by atoms with van der Waals surface area (Å²) in [5, 5.41) is 11.1. The molecule has 182 valence electrons. The van der Waals surface area contributed by atoms with Crippen LogP contribution in [0.4, 0.5) is 0 Å². The van der Waals surface area contributed by atoms with Crippen LogP contribution in [0.25, 0.3) is 0 Å². The maximum absolute atomic E-state index is 11.1. The van der Waals surface area contributed by atoms with Crippen molar-refractivity contribution in [3.05, 3.63) is 22.8 Å². The van der Waals surface area contributed by atoms with Gasteiger partial charge in [-0.05, 0) is 109 Å². The second-order valence-electron chi connectivity index (χ2n) is 13.1. The Morgan fingerprint density at radius 3 is 2.34 bits per heavy atom. The summed E-state index contributed by atoms with van der Waals surface area (Å²) in [5.74, 6) is 3.16. The quantitative estimate of drug-likeness (QED) is 0.419. The van der Waals surface area contributed by atoms with E-state index in [0.717, 1.165) is 37.0 Å². The molecule has 0 saturated heterocycles. The van der Waals surface area contributed by atoms with Gasteiger partial charge in [0.25, 0.3) is 0 Å². The van der Waals surface area contributed by atoms with Crippen molar-refractivity contribution in [1.82, 2.24) is 0 Å². The van der Waals surface area contributed by atoms with Gasteiger partial charge >= 0.3 is 0 Å². The SMILES string of the molecule is CCC1(CC)C(O)CC[C@]2(C)C3=C(CCC12)C1=CC[C@H]([C@H](C)CCCC(C)C)[C@@]1(C)CC3. The Labute approximate surface area is 199 Å². The van der Waals surface area contributed by atoms with E-state index in [0.29, 0.717) is 16.7 Å². The number of hydrogen-bond donors (Lipinski definition) is 1. The van der Waals surface area contributed by atoms with Gasteiger partial charge in [-0.3, -0.25) is 0 Å². The molecular weight excluding hydrogens is 388 g/mol. The van der Waals surface area contributed by atoms with Crippen molar-refractivity contribution >= 4 is 0 Å². The molecule has 0 aliphatic heterocycles. The van der Waals surface area contributed by atoms with Crippen LogP contribution < -0.4 is 0 Å². The first-order chi connectivity index (χ1) is 15.1. The molecule has 0 amide bonds. The van der Waals surface area contributed by atoms with Crippen molar-refractivity contribution in [3.63, 3.8) is 0 Å². The molecule has 0 aromatic rings. The molecule has 32 heavy (non-hydrogen) atoms. The number of rotatable bonds is 7. The van der Waals surface area contributed by atoms with E-state index in [1.54, 1.807) is 11.1 Å². The predicted molar refractivity (Wildman–Crippen MR) is 137 cm³/mol. The molecule has 0 aromatic carbocycles. The van der Waals surface area contributed by atoms with E-state index in [-0.39, 0.29) is 11.5 Å². The van der Waals surface area contributed by atoms with E-state index in [1.165, 1.54) is 57.8 Å². The highest BCUT2D eigenvalue weighted by Crippen LogP contribution is 2.67. The Morgan fingerprint density at radius 2 is 1.69 bits per heavy atom. The Hall–Kier alpha value is -0.560. The van der Waals surface area contributed by atoms with Gasteiger partial charge in [0.1, 0.15) is 0 Å². The van der Waals surface area contributed by atoms with E-state index in [9.17, 15) is 5.11 Å². The maximum atomic E-state index is 11.1. The molecule has 0 radical (unpaired) electrons. The molecule has 0 bridgehead atoms. The van der Waals surface area contributed by atoms with Crippen LogP contribution >= 0.6 is 0 Å². The summed E-state index contributed by atoms with van der Waals surface area (Å²) < 4.78 is 0. The lowest BCUT2D eigenvalue weighted by atomic mass is 9.44. The average molecular weight is 441 g/mol. The molecule has 1 saturated carbocycles. The van der Waals surface area contributed by atoms with E-state index >= 15 is 0 Å². The minimum Gasteiger partial charge on any atom is -0.393 e. The standard InChI is InChI=1S/C31H52O/c1-8-31(9-2)27-16-13-23-25-15-14-24(22(5)12-10-11-21(3)4)29(25,6)19-17-26(23)30(27,7)20-18-28(31)32/h15,21-22,24,27-28,32H,8-14,16-20H2,1-7H3/t22-,24-,27?,28?,29-,30-/m1/s1. The number of fused-ring (bicyclic) bond motifs is 4. The highest BCUT2D eigenvalue weighted by molar-refractivity contribution is 5.50. The van der Waals surface area contributed by atoms with Crippen LogP contribution in [0.2, 0.25) is 0 Å². The number of allylic oxidation sites excluding steroid dienone is 4. The van der Waals surface area contributed by atoms with Crippen molar-refractivity contribution in [2.75, 3.05) is 0 Å². The van der Waals surface area contributed by atoms with Crippen LogP contribution in [0.1, 0.15) is 126 Å². The molecular formula is C31H52O. The first kappa shape index (κ1) is 24.6. The van der Waals surface area contributed by atoms with E-state index in [1.807, 2.05) is 5.57 Å². The second-order valence-corrected chi connectivity index (χ2v) is 13.1. The monoisotopic (exact) mass is 440 g/mol. The predicted octanol–water partition coefficient (Wildman–Crippen LogP) is 8.87. The molecule has 4 aliphatic rings. The third-order valence-electron chi connectivity index (χ3n) is 11.5. The van der Waals surface area contributed by atoms with Crippen molar-refractivity contribution < 1.29 is 5.11 Å². The highest BCUT2D eigenvalue weighted by Gasteiger charge is 2.59. The van der Waals surface area contributed by atoms with Gasteiger partial charge in [-0.1, -0.05) is 79.4 Å². The Morgan fingerprint density at radius 1 is 0.969 bits per heavy atom. The Balaban J connectivity index is 1.60. The van der Waals surface area contributed by atoms with Gasteiger partial charge in [0.2, 0.25) is 0 Å². The largest absolute Gasteiger partial charge is 0.393 e. The van der Waals surface area contributed by atoms with E-state index in [4.69, 9.17) is 0 Å². The second kappa shape index (κ2) is 8.90. The molecule has 1 fully saturated rings. The lowest BCUT2D eigenvalue weighted by molar-refractivity contribution is -0.116. The first-order valence-corrected chi connectivity index (χ1v) is 14.3. The summed E-state index contributed by atoms with van der Waals surface area (Å²) in [6.45, 7) is 17.2. The smallest absolute Gasteiger partial charge is 0.0599 e. The van der Waals surface area contributed by atoms with Crippen molar-refractivity contribution in [2.45, 2.75) is 132 Å². The average Bonchev–Trinajstić information content (AvgIpc) is 3.11. The zero-order chi connectivity index (χ0) is 23.3. The summed E-state index contributed by atoms with van der Waals surface area (Å²) in [7, 11) is 0. The number of aliphatic hydroxyl groups is 1. The fraction of sp³-hybridized carbons (Fsp3) is 0.871. The first-order valence-electron chi connectivity index (χ1n) is 14.3. The van der Waals surface area contributed by atoms with Crippen LogP contribution in [0.3, 0.4) is 0 Å². The molecule has 6 atom stereocenters. The van der Waals surface area contributed by atoms with Crippen LogP contribution in [0.15, 0.2) is 22.8 Å². The third-order valence-corrected chi connectivity index (χ3v) is 11.5. The highest BCUT2D eigenvalue weighted by atomic mass is 16.3. The van der Waals surface area contributed by atoms with Crippen LogP contribution in [0.5, 0.6) is 0 Å². The van der Waals surface area contributed by atoms with Crippen LogP contribution in [-0.2, 0) is 0 Å². The van der Waals surface area contributed by atoms with Gasteiger partial charge in [0.05, 0.1) is 6.10 Å². The summed E-state index contributed by atoms with van der Waals surface area (Å²) >= 11 is 0. The zero-order valence-corrected chi connectivity index (χ0v) is 22.4. The third kappa shape index (κ3) is 3.59. The molecule has 0 aromatic heterocycles. The fourth-order valence-electron chi connectivity index (χ4n) is 9.48. The zero-order valence-electron chi connectivity index (χ0n) is 22.4. The van der Waals surface area contributed by atoms with Crippen molar-refractivity contribution in [2.24, 2.45) is 39.9 Å². The van der Waals surface area contributed by atoms with Crippen LogP contribution in [0, 0.1) is 39.9 Å². The minimum absolute atomic E-state index is 0.103. The van der Waals surface area contributed by atoms with Gasteiger partial charge in [-0.15, -0.1) is 0 Å². The Bertz CT molecular complexity index is 752. The van der Waals surface area contributed by atoms with Crippen molar-refractivity contribution in [3.8, 4) is 0 Å². The minimum atomic E-state index is -0.103. The Kier molecular flexibility index (Phi) is 6.83. The molecule has 1 N–H and O–H groups in total. The van der Waals surface area contributed by atoms with Crippen molar-refractivity contribution in [1.29, 1.82) is 0 Å². The van der Waals surface area contributed by atoms with Gasteiger partial charge in [0, 0.05) is 0 Å². The fourth-order valence-corrected chi connectivity index (χ4v) is 9.48. The summed E-state index contributed by atoms with van der Waals surface area (Å²) in [4.78, 5) is 0. The molecule has 1 heteroatoms. The molecule has 4 rings (SSSR count). The van der Waals surface area contributed by atoms with Gasteiger partial charge < -0.3 is 5.11 Å². The van der Waals surface area contributed by atoms with E-state index < -0.39 is 0 Å². The summed E-state index contributed by atoms with van der Waals surface area (Å²) in [6.07, 6.45) is 17.7. The molecule has 2 unspecified atom stereocenters. The summed E-state index contributed by atoms with van der Waals surface area (Å²) in [6, 6.07) is 0. The normalized spacial score (nSPS) is 39.4. The lowest BCUT2D eigenvalue weighted by Gasteiger charge is -2.61. The van der Waals surface area contributed by atoms with Gasteiger partial charge in [-0.25, -0.2) is 0 Å². The topological polar surface area (TPSA) is 20.2 Å². The number of aliphatic hydroxyl groups excluding tert-OH is 1. The number of hydrogen-bond acceptors (Lipinski definition) is 1. The molecule has 1 nitrogen and oxygen atoms in total. The van der Waals surface area contributed by atoms with Gasteiger partial charge in [0.15, 0.2) is 0 Å². The van der Waals surface area contributed by atoms with Crippen LogP contribution in [-0.4, -0.2) is 11.2 Å². The van der Waals surface area contributed by atoms with Gasteiger partial charge in [-0.2, -0.15) is 0 Å². The summed E-state index contributed by atoms with van der Waals surface area (Å²) in [5.41, 5.74) is 6.21. The lowest BCUT2D eigenvalue weighted by Crippen LogP contribution is -2.55. The van der Waals surface area contributed by atoms with E-state index in [2.05, 4.69) is 54.5 Å². The molecule has 4 aliphatic carbocycles. The molecule has 0 spiro atoms. The maximum Gasteiger partial charge on any atom is 0.0599 e. The molecule has 0 heterocycles.